The zero-order valence-corrected chi connectivity index (χ0v) is 14.9. The van der Waals surface area contributed by atoms with E-state index in [0.29, 0.717) is 5.57 Å². The smallest absolute Gasteiger partial charge is 0.258 e. The van der Waals surface area contributed by atoms with Gasteiger partial charge in [-0.15, -0.1) is 0 Å². The fraction of sp³-hybridized carbons (Fsp3) is 0.136. The van der Waals surface area contributed by atoms with Crippen molar-refractivity contribution in [3.8, 4) is 11.5 Å². The summed E-state index contributed by atoms with van der Waals surface area (Å²) in [7, 11) is 5.08. The molecule has 3 aromatic carbocycles. The molecule has 0 saturated carbocycles. The first-order chi connectivity index (χ1) is 12.6. The summed E-state index contributed by atoms with van der Waals surface area (Å²) in [5.41, 5.74) is 3.39. The van der Waals surface area contributed by atoms with E-state index in [1.54, 1.807) is 26.2 Å². The highest BCUT2D eigenvalue weighted by Crippen LogP contribution is 2.39. The number of methoxy groups -OCH3 is 2. The molecule has 1 aliphatic rings. The minimum Gasteiger partial charge on any atom is -0.497 e. The van der Waals surface area contributed by atoms with Crippen molar-refractivity contribution >= 4 is 34.0 Å². The minimum absolute atomic E-state index is 0.0202. The van der Waals surface area contributed by atoms with Gasteiger partial charge in [0.1, 0.15) is 11.5 Å². The Morgan fingerprint density at radius 1 is 0.962 bits per heavy atom. The fourth-order valence-corrected chi connectivity index (χ4v) is 3.44. The van der Waals surface area contributed by atoms with E-state index in [1.807, 2.05) is 60.7 Å². The number of hydrogen-bond donors (Lipinski definition) is 0. The van der Waals surface area contributed by atoms with Gasteiger partial charge in [0.05, 0.1) is 19.9 Å². The molecule has 3 aromatic rings. The largest absolute Gasteiger partial charge is 0.497 e. The Morgan fingerprint density at radius 2 is 1.73 bits per heavy atom. The van der Waals surface area contributed by atoms with Crippen LogP contribution in [0.3, 0.4) is 0 Å². The van der Waals surface area contributed by atoms with Crippen molar-refractivity contribution in [3.63, 3.8) is 0 Å². The number of anilines is 1. The maximum absolute atomic E-state index is 12.8. The predicted octanol–water partition coefficient (Wildman–Crippen LogP) is 4.37. The van der Waals surface area contributed by atoms with E-state index in [0.717, 1.165) is 39.1 Å². The third kappa shape index (κ3) is 2.42. The molecule has 0 fully saturated rings. The first-order valence-corrected chi connectivity index (χ1v) is 8.38. The zero-order chi connectivity index (χ0) is 18.3. The highest BCUT2D eigenvalue weighted by atomic mass is 16.5. The van der Waals surface area contributed by atoms with E-state index < -0.39 is 0 Å². The lowest BCUT2D eigenvalue weighted by Crippen LogP contribution is -2.20. The summed E-state index contributed by atoms with van der Waals surface area (Å²) in [4.78, 5) is 14.5. The van der Waals surface area contributed by atoms with Crippen LogP contribution < -0.4 is 14.4 Å². The number of likely N-dealkylation sites (N-methyl/N-ethyl adjacent to an activating group) is 1. The standard InChI is InChI=1S/C22H19NO3/c1-23-20-7-5-4-6-16(20)19(22(23)24)13-18-17-12-15(25-2)10-8-14(17)9-11-21(18)26-3/h4-13H,1-3H3/b19-13+. The second-order valence-electron chi connectivity index (χ2n) is 6.21. The number of para-hydroxylation sites is 1. The zero-order valence-electron chi connectivity index (χ0n) is 14.9. The van der Waals surface area contributed by atoms with E-state index in [-0.39, 0.29) is 5.91 Å². The van der Waals surface area contributed by atoms with Gasteiger partial charge in [-0.25, -0.2) is 0 Å². The van der Waals surface area contributed by atoms with Crippen LogP contribution in [0.5, 0.6) is 11.5 Å². The molecule has 0 radical (unpaired) electrons. The van der Waals surface area contributed by atoms with Crippen LogP contribution >= 0.6 is 0 Å². The molecule has 130 valence electrons. The molecule has 4 nitrogen and oxygen atoms in total. The van der Waals surface area contributed by atoms with Crippen molar-refractivity contribution in [2.24, 2.45) is 0 Å². The average Bonchev–Trinajstić information content (AvgIpc) is 2.93. The number of hydrogen-bond acceptors (Lipinski definition) is 3. The average molecular weight is 345 g/mol. The quantitative estimate of drug-likeness (QED) is 0.662. The predicted molar refractivity (Wildman–Crippen MR) is 105 cm³/mol. The second-order valence-corrected chi connectivity index (χ2v) is 6.21. The van der Waals surface area contributed by atoms with Crippen molar-refractivity contribution in [2.45, 2.75) is 0 Å². The number of carbonyl (C=O) groups is 1. The van der Waals surface area contributed by atoms with Crippen LogP contribution in [0.1, 0.15) is 11.1 Å². The lowest BCUT2D eigenvalue weighted by Gasteiger charge is -2.11. The Kier molecular flexibility index (Phi) is 3.88. The van der Waals surface area contributed by atoms with Gasteiger partial charge >= 0.3 is 0 Å². The summed E-state index contributed by atoms with van der Waals surface area (Å²) in [5, 5.41) is 2.04. The van der Waals surface area contributed by atoms with Crippen LogP contribution in [0.2, 0.25) is 0 Å². The second kappa shape index (κ2) is 6.23. The van der Waals surface area contributed by atoms with E-state index in [4.69, 9.17) is 9.47 Å². The van der Waals surface area contributed by atoms with Gasteiger partial charge in [-0.1, -0.05) is 30.3 Å². The van der Waals surface area contributed by atoms with Gasteiger partial charge in [0.25, 0.3) is 5.91 Å². The molecule has 0 aromatic heterocycles. The van der Waals surface area contributed by atoms with Crippen molar-refractivity contribution in [3.05, 3.63) is 65.7 Å². The summed E-state index contributed by atoms with van der Waals surface area (Å²) >= 11 is 0. The molecule has 1 amide bonds. The molecule has 4 rings (SSSR count). The first kappa shape index (κ1) is 16.2. The molecule has 0 atom stereocenters. The van der Waals surface area contributed by atoms with Crippen molar-refractivity contribution in [1.82, 2.24) is 0 Å². The number of nitrogens with zero attached hydrogens (tertiary/aromatic N) is 1. The molecule has 0 unspecified atom stereocenters. The van der Waals surface area contributed by atoms with Crippen LogP contribution in [-0.2, 0) is 4.79 Å². The third-order valence-corrected chi connectivity index (χ3v) is 4.83. The fourth-order valence-electron chi connectivity index (χ4n) is 3.44. The lowest BCUT2D eigenvalue weighted by atomic mass is 9.98. The first-order valence-electron chi connectivity index (χ1n) is 8.38. The van der Waals surface area contributed by atoms with Gasteiger partial charge in [0.2, 0.25) is 0 Å². The summed E-state index contributed by atoms with van der Waals surface area (Å²) in [5.74, 6) is 1.46. The molecule has 0 N–H and O–H groups in total. The number of benzene rings is 3. The van der Waals surface area contributed by atoms with Gasteiger partial charge in [-0.05, 0) is 41.1 Å². The molecule has 0 saturated heterocycles. The number of ether oxygens (including phenoxy) is 2. The summed E-state index contributed by atoms with van der Waals surface area (Å²) in [6.07, 6.45) is 1.92. The normalized spacial score (nSPS) is 14.8. The van der Waals surface area contributed by atoms with Crippen LogP contribution in [0.15, 0.2) is 54.6 Å². The molecule has 4 heteroatoms. The SMILES string of the molecule is COc1ccc2ccc(OC)c(/C=C3/C(=O)N(C)c4ccccc43)c2c1. The van der Waals surface area contributed by atoms with Crippen molar-refractivity contribution in [1.29, 1.82) is 0 Å². The number of rotatable bonds is 3. The summed E-state index contributed by atoms with van der Waals surface area (Å²) in [6.45, 7) is 0. The molecule has 0 bridgehead atoms. The van der Waals surface area contributed by atoms with E-state index in [1.165, 1.54) is 0 Å². The third-order valence-electron chi connectivity index (χ3n) is 4.83. The minimum atomic E-state index is -0.0202. The maximum atomic E-state index is 12.8. The van der Waals surface area contributed by atoms with Crippen molar-refractivity contribution in [2.75, 3.05) is 26.2 Å². The van der Waals surface area contributed by atoms with Gasteiger partial charge in [0, 0.05) is 23.7 Å². The van der Waals surface area contributed by atoms with Gasteiger partial charge < -0.3 is 14.4 Å². The summed E-state index contributed by atoms with van der Waals surface area (Å²) < 4.78 is 11.0. The highest BCUT2D eigenvalue weighted by molar-refractivity contribution is 6.36. The molecular weight excluding hydrogens is 326 g/mol. The molecule has 26 heavy (non-hydrogen) atoms. The maximum Gasteiger partial charge on any atom is 0.258 e. The topological polar surface area (TPSA) is 38.8 Å². The van der Waals surface area contributed by atoms with E-state index >= 15 is 0 Å². The van der Waals surface area contributed by atoms with Crippen LogP contribution in [-0.4, -0.2) is 27.2 Å². The van der Waals surface area contributed by atoms with Crippen LogP contribution in [0.25, 0.3) is 22.4 Å². The Morgan fingerprint density at radius 3 is 2.50 bits per heavy atom. The van der Waals surface area contributed by atoms with Gasteiger partial charge in [0.15, 0.2) is 0 Å². The molecule has 0 aliphatic carbocycles. The Labute approximate surface area is 152 Å². The van der Waals surface area contributed by atoms with Crippen LogP contribution in [0.4, 0.5) is 5.69 Å². The highest BCUT2D eigenvalue weighted by Gasteiger charge is 2.29. The summed E-state index contributed by atoms with van der Waals surface area (Å²) in [6, 6.07) is 17.7. The van der Waals surface area contributed by atoms with Crippen molar-refractivity contribution < 1.29 is 14.3 Å². The van der Waals surface area contributed by atoms with Gasteiger partial charge in [-0.3, -0.25) is 4.79 Å². The Bertz CT molecular complexity index is 1050. The molecule has 1 heterocycles. The lowest BCUT2D eigenvalue weighted by molar-refractivity contribution is -0.112. The van der Waals surface area contributed by atoms with E-state index in [9.17, 15) is 4.79 Å². The van der Waals surface area contributed by atoms with E-state index in [2.05, 4.69) is 0 Å². The molecular formula is C22H19NO3. The number of fused-ring (bicyclic) bond motifs is 2. The van der Waals surface area contributed by atoms with Gasteiger partial charge in [-0.2, -0.15) is 0 Å². The van der Waals surface area contributed by atoms with Crippen LogP contribution in [0, 0.1) is 0 Å². The monoisotopic (exact) mass is 345 g/mol. The molecule has 0 spiro atoms. The molecule has 1 aliphatic heterocycles. The Hall–Kier alpha value is -3.27. The Balaban J connectivity index is 2.00. The number of carbonyl (C=O) groups excluding carboxylic acids is 1. The number of amides is 1.